The Bertz CT molecular complexity index is 532. The summed E-state index contributed by atoms with van der Waals surface area (Å²) in [6.07, 6.45) is 0. The first-order chi connectivity index (χ1) is 9.08. The predicted molar refractivity (Wildman–Crippen MR) is 69.7 cm³/mol. The topological polar surface area (TPSA) is 35.2 Å². The molecule has 0 aromatic heterocycles. The highest BCUT2D eigenvalue weighted by atomic mass is 19.1. The molecule has 2 rings (SSSR count). The van der Waals surface area contributed by atoms with E-state index < -0.39 is 11.6 Å². The third-order valence-electron chi connectivity index (χ3n) is 2.85. The Labute approximate surface area is 110 Å². The van der Waals surface area contributed by atoms with Gasteiger partial charge < -0.3 is 10.5 Å². The van der Waals surface area contributed by atoms with Gasteiger partial charge >= 0.3 is 0 Å². The van der Waals surface area contributed by atoms with Gasteiger partial charge in [0.25, 0.3) is 0 Å². The SMILES string of the molecule is C[C@H](N)c1ccc(OCc2c(F)cccc2F)cc1. The molecule has 0 heterocycles. The van der Waals surface area contributed by atoms with Crippen molar-refractivity contribution < 1.29 is 13.5 Å². The summed E-state index contributed by atoms with van der Waals surface area (Å²) in [5, 5.41) is 0. The summed E-state index contributed by atoms with van der Waals surface area (Å²) in [4.78, 5) is 0. The second-order valence-corrected chi connectivity index (χ2v) is 4.35. The van der Waals surface area contributed by atoms with Crippen LogP contribution in [0.1, 0.15) is 24.1 Å². The van der Waals surface area contributed by atoms with Crippen LogP contribution in [0.5, 0.6) is 5.75 Å². The molecular formula is C15H15F2NO. The van der Waals surface area contributed by atoms with Gasteiger partial charge in [0.2, 0.25) is 0 Å². The van der Waals surface area contributed by atoms with Crippen molar-refractivity contribution in [3.8, 4) is 5.75 Å². The lowest BCUT2D eigenvalue weighted by Gasteiger charge is -2.10. The zero-order valence-corrected chi connectivity index (χ0v) is 10.6. The molecular weight excluding hydrogens is 248 g/mol. The third-order valence-corrected chi connectivity index (χ3v) is 2.85. The van der Waals surface area contributed by atoms with Crippen molar-refractivity contribution >= 4 is 0 Å². The summed E-state index contributed by atoms with van der Waals surface area (Å²) in [6.45, 7) is 1.74. The Hall–Kier alpha value is -1.94. The molecule has 2 N–H and O–H groups in total. The van der Waals surface area contributed by atoms with Crippen molar-refractivity contribution in [1.82, 2.24) is 0 Å². The normalized spacial score (nSPS) is 12.2. The van der Waals surface area contributed by atoms with E-state index >= 15 is 0 Å². The molecule has 0 bridgehead atoms. The van der Waals surface area contributed by atoms with Gasteiger partial charge in [0, 0.05) is 6.04 Å². The molecule has 0 spiro atoms. The van der Waals surface area contributed by atoms with Gasteiger partial charge in [-0.2, -0.15) is 0 Å². The number of benzene rings is 2. The van der Waals surface area contributed by atoms with E-state index in [-0.39, 0.29) is 18.2 Å². The fourth-order valence-electron chi connectivity index (χ4n) is 1.69. The molecule has 0 aliphatic rings. The van der Waals surface area contributed by atoms with Crippen LogP contribution in [-0.2, 0) is 6.61 Å². The molecule has 2 aromatic rings. The van der Waals surface area contributed by atoms with Crippen molar-refractivity contribution in [1.29, 1.82) is 0 Å². The fourth-order valence-corrected chi connectivity index (χ4v) is 1.69. The van der Waals surface area contributed by atoms with Crippen LogP contribution < -0.4 is 10.5 Å². The fraction of sp³-hybridized carbons (Fsp3) is 0.200. The Morgan fingerprint density at radius 1 is 1.05 bits per heavy atom. The summed E-state index contributed by atoms with van der Waals surface area (Å²) in [5.41, 5.74) is 6.63. The summed E-state index contributed by atoms with van der Waals surface area (Å²) in [6, 6.07) is 10.8. The molecule has 0 unspecified atom stereocenters. The van der Waals surface area contributed by atoms with Gasteiger partial charge in [0.05, 0.1) is 5.56 Å². The predicted octanol–water partition coefficient (Wildman–Crippen LogP) is 3.56. The first-order valence-corrected chi connectivity index (χ1v) is 5.99. The molecule has 1 atom stereocenters. The highest BCUT2D eigenvalue weighted by molar-refractivity contribution is 5.29. The molecule has 2 aromatic carbocycles. The molecule has 2 nitrogen and oxygen atoms in total. The zero-order chi connectivity index (χ0) is 13.8. The summed E-state index contributed by atoms with van der Waals surface area (Å²) in [5.74, 6) is -0.661. The monoisotopic (exact) mass is 263 g/mol. The second kappa shape index (κ2) is 5.80. The largest absolute Gasteiger partial charge is 0.489 e. The van der Waals surface area contributed by atoms with Crippen molar-refractivity contribution in [2.75, 3.05) is 0 Å². The lowest BCUT2D eigenvalue weighted by atomic mass is 10.1. The van der Waals surface area contributed by atoms with E-state index in [4.69, 9.17) is 10.5 Å². The first-order valence-electron chi connectivity index (χ1n) is 5.99. The third kappa shape index (κ3) is 3.29. The molecule has 0 fully saturated rings. The molecule has 4 heteroatoms. The average Bonchev–Trinajstić information content (AvgIpc) is 2.38. The number of ether oxygens (including phenoxy) is 1. The standard InChI is InChI=1S/C15H15F2NO/c1-10(18)11-5-7-12(8-6-11)19-9-13-14(16)3-2-4-15(13)17/h2-8,10H,9,18H2,1H3/t10-/m0/s1. The number of hydrogen-bond acceptors (Lipinski definition) is 2. The number of rotatable bonds is 4. The number of hydrogen-bond donors (Lipinski definition) is 1. The quantitative estimate of drug-likeness (QED) is 0.915. The van der Waals surface area contributed by atoms with E-state index in [1.165, 1.54) is 18.2 Å². The first kappa shape index (κ1) is 13.5. The molecule has 0 saturated carbocycles. The van der Waals surface area contributed by atoms with E-state index in [1.807, 2.05) is 19.1 Å². The van der Waals surface area contributed by atoms with Crippen LogP contribution in [0.3, 0.4) is 0 Å². The minimum atomic E-state index is -0.604. The van der Waals surface area contributed by atoms with Crippen LogP contribution in [0.25, 0.3) is 0 Å². The van der Waals surface area contributed by atoms with E-state index in [0.29, 0.717) is 5.75 Å². The van der Waals surface area contributed by atoms with Crippen LogP contribution in [0.15, 0.2) is 42.5 Å². The van der Waals surface area contributed by atoms with Gasteiger partial charge in [-0.3, -0.25) is 0 Å². The maximum atomic E-state index is 13.4. The van der Waals surface area contributed by atoms with Crippen molar-refractivity contribution in [3.63, 3.8) is 0 Å². The molecule has 0 aliphatic heterocycles. The molecule has 0 radical (unpaired) electrons. The highest BCUT2D eigenvalue weighted by Gasteiger charge is 2.09. The van der Waals surface area contributed by atoms with Crippen molar-refractivity contribution in [3.05, 3.63) is 65.2 Å². The van der Waals surface area contributed by atoms with Crippen LogP contribution in [0.4, 0.5) is 8.78 Å². The molecule has 0 aliphatic carbocycles. The zero-order valence-electron chi connectivity index (χ0n) is 10.6. The van der Waals surface area contributed by atoms with Crippen molar-refractivity contribution in [2.45, 2.75) is 19.6 Å². The Kier molecular flexibility index (Phi) is 4.12. The van der Waals surface area contributed by atoms with Gasteiger partial charge in [-0.15, -0.1) is 0 Å². The van der Waals surface area contributed by atoms with Gasteiger partial charge in [-0.05, 0) is 36.8 Å². The maximum absolute atomic E-state index is 13.4. The van der Waals surface area contributed by atoms with E-state index in [2.05, 4.69) is 0 Å². The van der Waals surface area contributed by atoms with E-state index in [0.717, 1.165) is 5.56 Å². The average molecular weight is 263 g/mol. The van der Waals surface area contributed by atoms with Gasteiger partial charge in [-0.1, -0.05) is 18.2 Å². The van der Waals surface area contributed by atoms with Crippen LogP contribution in [0.2, 0.25) is 0 Å². The van der Waals surface area contributed by atoms with E-state index in [9.17, 15) is 8.78 Å². The number of halogens is 2. The minimum absolute atomic E-state index is 0.0573. The Morgan fingerprint density at radius 3 is 2.16 bits per heavy atom. The van der Waals surface area contributed by atoms with Crippen molar-refractivity contribution in [2.24, 2.45) is 5.73 Å². The Balaban J connectivity index is 2.06. The summed E-state index contributed by atoms with van der Waals surface area (Å²) < 4.78 is 32.1. The van der Waals surface area contributed by atoms with Crippen LogP contribution in [0, 0.1) is 11.6 Å². The van der Waals surface area contributed by atoms with Gasteiger partial charge in [0.15, 0.2) is 0 Å². The maximum Gasteiger partial charge on any atom is 0.132 e. The number of nitrogens with two attached hydrogens (primary N) is 1. The van der Waals surface area contributed by atoms with Gasteiger partial charge in [-0.25, -0.2) is 8.78 Å². The molecule has 0 amide bonds. The molecule has 19 heavy (non-hydrogen) atoms. The Morgan fingerprint density at radius 2 is 1.63 bits per heavy atom. The van der Waals surface area contributed by atoms with Crippen LogP contribution >= 0.6 is 0 Å². The summed E-state index contributed by atoms with van der Waals surface area (Å²) >= 11 is 0. The molecule has 100 valence electrons. The van der Waals surface area contributed by atoms with Gasteiger partial charge in [0.1, 0.15) is 24.0 Å². The lowest BCUT2D eigenvalue weighted by Crippen LogP contribution is -2.05. The summed E-state index contributed by atoms with van der Waals surface area (Å²) in [7, 11) is 0. The lowest BCUT2D eigenvalue weighted by molar-refractivity contribution is 0.292. The minimum Gasteiger partial charge on any atom is -0.489 e. The second-order valence-electron chi connectivity index (χ2n) is 4.35. The van der Waals surface area contributed by atoms with Crippen LogP contribution in [-0.4, -0.2) is 0 Å². The smallest absolute Gasteiger partial charge is 0.132 e. The van der Waals surface area contributed by atoms with E-state index in [1.54, 1.807) is 12.1 Å². The highest BCUT2D eigenvalue weighted by Crippen LogP contribution is 2.19. The molecule has 0 saturated heterocycles.